The van der Waals surface area contributed by atoms with Crippen molar-refractivity contribution in [3.05, 3.63) is 42.0 Å². The molecule has 0 heterocycles. The largest absolute Gasteiger partial charge is 0.497 e. The molecule has 0 amide bonds. The molecule has 0 aliphatic heterocycles. The molecule has 0 aromatic heterocycles. The summed E-state index contributed by atoms with van der Waals surface area (Å²) in [5.74, 6) is 0.897. The van der Waals surface area contributed by atoms with Gasteiger partial charge in [0.1, 0.15) is 5.75 Å². The fourth-order valence-corrected chi connectivity index (χ4v) is 2.10. The van der Waals surface area contributed by atoms with Gasteiger partial charge in [0, 0.05) is 0 Å². The third-order valence-electron chi connectivity index (χ3n) is 2.80. The van der Waals surface area contributed by atoms with E-state index >= 15 is 0 Å². The smallest absolute Gasteiger partial charge is 0.119 e. The number of nitrogens with zero attached hydrogens (tertiary/aromatic N) is 1. The third-order valence-corrected chi connectivity index (χ3v) is 4.15. The second-order valence-electron chi connectivity index (χ2n) is 4.27. The normalized spacial score (nSPS) is 13.0. The number of ether oxygens (including phenoxy) is 1. The van der Waals surface area contributed by atoms with Crippen molar-refractivity contribution in [1.29, 1.82) is 0 Å². The van der Waals surface area contributed by atoms with Crippen LogP contribution < -0.4 is 4.74 Å². The number of hydrogen-bond donors (Lipinski definition) is 0. The number of fused-ring (bicyclic) bond motifs is 1. The van der Waals surface area contributed by atoms with E-state index < -0.39 is 0 Å². The number of rotatable bonds is 3. The Balaban J connectivity index is 2.44. The highest BCUT2D eigenvalue weighted by atomic mass is 79.9. The van der Waals surface area contributed by atoms with Gasteiger partial charge in [0.15, 0.2) is 0 Å². The molecular weight excluding hydrogens is 278 g/mol. The van der Waals surface area contributed by atoms with E-state index in [1.807, 2.05) is 6.07 Å². The predicted octanol–water partition coefficient (Wildman–Crippen LogP) is 3.80. The van der Waals surface area contributed by atoms with E-state index in [4.69, 9.17) is 4.74 Å². The summed E-state index contributed by atoms with van der Waals surface area (Å²) in [6, 6.07) is 12.6. The van der Waals surface area contributed by atoms with Gasteiger partial charge in [0.25, 0.3) is 0 Å². The minimum atomic E-state index is 0.244. The van der Waals surface area contributed by atoms with E-state index in [-0.39, 0.29) is 4.95 Å². The van der Waals surface area contributed by atoms with Gasteiger partial charge in [-0.25, -0.2) is 0 Å². The molecule has 2 nitrogen and oxygen atoms in total. The van der Waals surface area contributed by atoms with Crippen LogP contribution in [0.25, 0.3) is 10.8 Å². The maximum Gasteiger partial charge on any atom is 0.119 e. The third kappa shape index (κ3) is 2.61. The lowest BCUT2D eigenvalue weighted by Gasteiger charge is -2.18. The lowest BCUT2D eigenvalue weighted by atomic mass is 10.1. The molecule has 3 heteroatoms. The predicted molar refractivity (Wildman–Crippen MR) is 75.9 cm³/mol. The SMILES string of the molecule is COc1ccc2cc(C(Br)N(C)C)ccc2c1. The Morgan fingerprint density at radius 3 is 2.35 bits per heavy atom. The summed E-state index contributed by atoms with van der Waals surface area (Å²) in [5.41, 5.74) is 1.26. The zero-order valence-corrected chi connectivity index (χ0v) is 11.9. The summed E-state index contributed by atoms with van der Waals surface area (Å²) in [6.07, 6.45) is 0. The zero-order valence-electron chi connectivity index (χ0n) is 10.3. The van der Waals surface area contributed by atoms with Gasteiger partial charge in [-0.15, -0.1) is 0 Å². The van der Waals surface area contributed by atoms with Gasteiger partial charge >= 0.3 is 0 Å². The van der Waals surface area contributed by atoms with Crippen LogP contribution in [0.1, 0.15) is 10.5 Å². The quantitative estimate of drug-likeness (QED) is 0.630. The molecule has 2 aromatic carbocycles. The van der Waals surface area contributed by atoms with Crippen LogP contribution in [0.5, 0.6) is 5.75 Å². The second-order valence-corrected chi connectivity index (χ2v) is 5.14. The van der Waals surface area contributed by atoms with E-state index in [2.05, 4.69) is 65.3 Å². The van der Waals surface area contributed by atoms with Crippen molar-refractivity contribution in [1.82, 2.24) is 4.90 Å². The highest BCUT2D eigenvalue weighted by molar-refractivity contribution is 9.09. The van der Waals surface area contributed by atoms with Crippen LogP contribution >= 0.6 is 15.9 Å². The van der Waals surface area contributed by atoms with E-state index in [1.165, 1.54) is 16.3 Å². The summed E-state index contributed by atoms with van der Waals surface area (Å²) in [5, 5.41) is 2.43. The van der Waals surface area contributed by atoms with Crippen LogP contribution in [0.4, 0.5) is 0 Å². The van der Waals surface area contributed by atoms with E-state index in [9.17, 15) is 0 Å². The molecular formula is C14H16BrNO. The van der Waals surface area contributed by atoms with Crippen molar-refractivity contribution >= 4 is 26.7 Å². The van der Waals surface area contributed by atoms with Crippen molar-refractivity contribution < 1.29 is 4.74 Å². The Morgan fingerprint density at radius 2 is 1.71 bits per heavy atom. The monoisotopic (exact) mass is 293 g/mol. The zero-order chi connectivity index (χ0) is 12.4. The number of benzene rings is 2. The first-order chi connectivity index (χ1) is 8.11. The summed E-state index contributed by atoms with van der Waals surface area (Å²) >= 11 is 3.67. The fourth-order valence-electron chi connectivity index (χ4n) is 1.82. The second kappa shape index (κ2) is 5.07. The Kier molecular flexibility index (Phi) is 3.69. The molecule has 0 fully saturated rings. The van der Waals surface area contributed by atoms with Crippen LogP contribution in [0.15, 0.2) is 36.4 Å². The van der Waals surface area contributed by atoms with Crippen LogP contribution in [-0.4, -0.2) is 26.1 Å². The van der Waals surface area contributed by atoms with Crippen molar-refractivity contribution in [2.24, 2.45) is 0 Å². The Hall–Kier alpha value is -1.06. The van der Waals surface area contributed by atoms with E-state index in [1.54, 1.807) is 7.11 Å². The average Bonchev–Trinajstić information content (AvgIpc) is 2.36. The molecule has 0 bridgehead atoms. The van der Waals surface area contributed by atoms with Crippen LogP contribution in [0.3, 0.4) is 0 Å². The first-order valence-electron chi connectivity index (χ1n) is 5.50. The maximum atomic E-state index is 5.22. The highest BCUT2D eigenvalue weighted by Crippen LogP contribution is 2.29. The van der Waals surface area contributed by atoms with E-state index in [0.717, 1.165) is 5.75 Å². The fraction of sp³-hybridized carbons (Fsp3) is 0.286. The molecule has 2 aromatic rings. The molecule has 0 N–H and O–H groups in total. The Labute approximate surface area is 110 Å². The van der Waals surface area contributed by atoms with Gasteiger partial charge in [0.2, 0.25) is 0 Å². The summed E-state index contributed by atoms with van der Waals surface area (Å²) in [4.78, 5) is 2.37. The molecule has 0 aliphatic carbocycles. The Bertz CT molecular complexity index is 525. The molecule has 0 saturated heterocycles. The molecule has 0 radical (unpaired) electrons. The molecule has 0 saturated carbocycles. The Morgan fingerprint density at radius 1 is 1.06 bits per heavy atom. The van der Waals surface area contributed by atoms with Gasteiger partial charge < -0.3 is 4.74 Å². The lowest BCUT2D eigenvalue weighted by molar-refractivity contribution is 0.398. The van der Waals surface area contributed by atoms with Crippen LogP contribution in [-0.2, 0) is 0 Å². The van der Waals surface area contributed by atoms with E-state index in [0.29, 0.717) is 0 Å². The molecule has 0 spiro atoms. The molecule has 90 valence electrons. The first kappa shape index (κ1) is 12.4. The van der Waals surface area contributed by atoms with Gasteiger partial charge in [-0.1, -0.05) is 34.1 Å². The molecule has 2 rings (SSSR count). The van der Waals surface area contributed by atoms with Crippen LogP contribution in [0.2, 0.25) is 0 Å². The van der Waals surface area contributed by atoms with Gasteiger partial charge in [-0.05, 0) is 48.6 Å². The summed E-state index contributed by atoms with van der Waals surface area (Å²) in [7, 11) is 5.80. The number of hydrogen-bond acceptors (Lipinski definition) is 2. The first-order valence-corrected chi connectivity index (χ1v) is 6.41. The minimum absolute atomic E-state index is 0.244. The standard InChI is InChI=1S/C14H16BrNO/c1-16(2)14(15)12-5-4-11-9-13(17-3)7-6-10(11)8-12/h4-9,14H,1-3H3. The number of alkyl halides is 1. The lowest BCUT2D eigenvalue weighted by Crippen LogP contribution is -2.14. The van der Waals surface area contributed by atoms with Crippen molar-refractivity contribution in [2.75, 3.05) is 21.2 Å². The topological polar surface area (TPSA) is 12.5 Å². The van der Waals surface area contributed by atoms with Gasteiger partial charge in [-0.2, -0.15) is 0 Å². The summed E-state index contributed by atoms with van der Waals surface area (Å²) < 4.78 is 5.22. The van der Waals surface area contributed by atoms with Crippen molar-refractivity contribution in [3.63, 3.8) is 0 Å². The van der Waals surface area contributed by atoms with Gasteiger partial charge in [-0.3, -0.25) is 4.90 Å². The summed E-state index contributed by atoms with van der Waals surface area (Å²) in [6.45, 7) is 0. The van der Waals surface area contributed by atoms with Crippen molar-refractivity contribution in [3.8, 4) is 5.75 Å². The molecule has 17 heavy (non-hydrogen) atoms. The van der Waals surface area contributed by atoms with Crippen LogP contribution in [0, 0.1) is 0 Å². The molecule has 1 atom stereocenters. The van der Waals surface area contributed by atoms with Crippen molar-refractivity contribution in [2.45, 2.75) is 4.95 Å². The number of methoxy groups -OCH3 is 1. The maximum absolute atomic E-state index is 5.22. The highest BCUT2D eigenvalue weighted by Gasteiger charge is 2.09. The minimum Gasteiger partial charge on any atom is -0.497 e. The molecule has 1 unspecified atom stereocenters. The number of halogens is 1. The van der Waals surface area contributed by atoms with Gasteiger partial charge in [0.05, 0.1) is 12.1 Å². The average molecular weight is 294 g/mol. The molecule has 0 aliphatic rings.